The highest BCUT2D eigenvalue weighted by Crippen LogP contribution is 2.12. The maximum Gasteiger partial charge on any atom is 0.119 e. The number of hydrogen-bond donors (Lipinski definition) is 1. The van der Waals surface area contributed by atoms with Gasteiger partial charge in [0.25, 0.3) is 0 Å². The van der Waals surface area contributed by atoms with E-state index in [9.17, 15) is 0 Å². The van der Waals surface area contributed by atoms with Crippen molar-refractivity contribution in [3.63, 3.8) is 0 Å². The molecule has 0 saturated carbocycles. The smallest absolute Gasteiger partial charge is 0.119 e. The topological polar surface area (TPSA) is 47.7 Å². The molecule has 0 unspecified atom stereocenters. The number of hydrogen-bond acceptors (Lipinski definition) is 4. The molecule has 0 aliphatic rings. The zero-order valence-electron chi connectivity index (χ0n) is 13.2. The van der Waals surface area contributed by atoms with Crippen molar-refractivity contribution in [3.8, 4) is 5.75 Å². The van der Waals surface area contributed by atoms with Crippen molar-refractivity contribution in [2.24, 2.45) is 5.73 Å². The number of likely N-dealkylation sites (N-methyl/N-ethyl adjacent to an activating group) is 1. The molecule has 0 saturated heterocycles. The molecule has 1 aromatic rings. The molecule has 2 N–H and O–H groups in total. The molecule has 0 spiro atoms. The van der Waals surface area contributed by atoms with Crippen molar-refractivity contribution in [1.29, 1.82) is 0 Å². The Morgan fingerprint density at radius 1 is 1.19 bits per heavy atom. The maximum absolute atomic E-state index is 5.69. The summed E-state index contributed by atoms with van der Waals surface area (Å²) in [6.45, 7) is 7.51. The zero-order chi connectivity index (χ0) is 15.7. The van der Waals surface area contributed by atoms with E-state index in [-0.39, 0.29) is 0 Å². The van der Waals surface area contributed by atoms with Crippen LogP contribution in [0.4, 0.5) is 0 Å². The van der Waals surface area contributed by atoms with Gasteiger partial charge in [0, 0.05) is 18.7 Å². The second-order valence-electron chi connectivity index (χ2n) is 5.31. The summed E-state index contributed by atoms with van der Waals surface area (Å²) in [6.07, 6.45) is 1.28. The number of nitrogens with two attached hydrogens (primary N) is 1. The lowest BCUT2D eigenvalue weighted by atomic mass is 10.2. The van der Waals surface area contributed by atoms with Crippen LogP contribution in [-0.4, -0.2) is 49.3 Å². The molecule has 0 fully saturated rings. The van der Waals surface area contributed by atoms with E-state index in [4.69, 9.17) is 27.4 Å². The van der Waals surface area contributed by atoms with E-state index in [0.29, 0.717) is 17.7 Å². The fourth-order valence-corrected chi connectivity index (χ4v) is 1.93. The van der Waals surface area contributed by atoms with E-state index < -0.39 is 0 Å². The van der Waals surface area contributed by atoms with Gasteiger partial charge in [0.1, 0.15) is 10.7 Å². The highest BCUT2D eigenvalue weighted by Gasteiger charge is 2.01. The van der Waals surface area contributed by atoms with E-state index in [2.05, 4.69) is 25.8 Å². The Labute approximate surface area is 133 Å². The lowest BCUT2D eigenvalue weighted by Gasteiger charge is -2.17. The van der Waals surface area contributed by atoms with Crippen LogP contribution in [0.3, 0.4) is 0 Å². The molecule has 4 nitrogen and oxygen atoms in total. The van der Waals surface area contributed by atoms with Gasteiger partial charge in [-0.05, 0) is 51.6 Å². The molecular weight excluding hydrogens is 284 g/mol. The van der Waals surface area contributed by atoms with Crippen LogP contribution in [0.1, 0.15) is 25.8 Å². The summed E-state index contributed by atoms with van der Waals surface area (Å²) in [4.78, 5) is 2.66. The van der Waals surface area contributed by atoms with Gasteiger partial charge < -0.3 is 20.1 Å². The molecule has 1 aromatic carbocycles. The normalized spacial score (nSPS) is 11.1. The van der Waals surface area contributed by atoms with Crippen LogP contribution in [-0.2, 0) is 4.74 Å². The summed E-state index contributed by atoms with van der Waals surface area (Å²) in [5, 5.41) is 0. The van der Waals surface area contributed by atoms with E-state index in [0.717, 1.165) is 37.4 Å². The van der Waals surface area contributed by atoms with Gasteiger partial charge >= 0.3 is 0 Å². The van der Waals surface area contributed by atoms with E-state index in [1.807, 2.05) is 24.3 Å². The molecule has 0 bridgehead atoms. The summed E-state index contributed by atoms with van der Waals surface area (Å²) >= 11 is 4.91. The number of nitrogens with zero attached hydrogens (tertiary/aromatic N) is 1. The van der Waals surface area contributed by atoms with Gasteiger partial charge in [-0.2, -0.15) is 0 Å². The molecule has 0 aromatic heterocycles. The van der Waals surface area contributed by atoms with E-state index in [1.165, 1.54) is 0 Å². The Hall–Kier alpha value is -1.17. The number of thiocarbonyl (C=S) groups is 1. The Balaban J connectivity index is 2.14. The molecule has 118 valence electrons. The predicted molar refractivity (Wildman–Crippen MR) is 91.0 cm³/mol. The Morgan fingerprint density at radius 2 is 1.86 bits per heavy atom. The first-order valence-electron chi connectivity index (χ1n) is 7.32. The fraction of sp³-hybridized carbons (Fsp3) is 0.562. The Bertz CT molecular complexity index is 421. The molecule has 0 aliphatic heterocycles. The molecular formula is C16H26N2O2S. The van der Waals surface area contributed by atoms with Crippen LogP contribution >= 0.6 is 12.2 Å². The highest BCUT2D eigenvalue weighted by atomic mass is 32.1. The van der Waals surface area contributed by atoms with Gasteiger partial charge in [-0.15, -0.1) is 0 Å². The lowest BCUT2D eigenvalue weighted by Crippen LogP contribution is -2.26. The second-order valence-corrected chi connectivity index (χ2v) is 5.75. The third-order valence-corrected chi connectivity index (χ3v) is 3.25. The van der Waals surface area contributed by atoms with Crippen molar-refractivity contribution < 1.29 is 9.47 Å². The zero-order valence-corrected chi connectivity index (χ0v) is 14.0. The minimum absolute atomic E-state index is 0.297. The van der Waals surface area contributed by atoms with Gasteiger partial charge in [0.15, 0.2) is 0 Å². The first kappa shape index (κ1) is 17.9. The molecule has 21 heavy (non-hydrogen) atoms. The second kappa shape index (κ2) is 9.71. The fourth-order valence-electron chi connectivity index (χ4n) is 1.80. The average Bonchev–Trinajstić information content (AvgIpc) is 2.43. The first-order chi connectivity index (χ1) is 9.99. The molecule has 0 radical (unpaired) electrons. The third-order valence-electron chi connectivity index (χ3n) is 3.02. The molecule has 0 heterocycles. The van der Waals surface area contributed by atoms with Crippen molar-refractivity contribution in [2.75, 3.05) is 33.4 Å². The van der Waals surface area contributed by atoms with Gasteiger partial charge in [-0.25, -0.2) is 0 Å². The van der Waals surface area contributed by atoms with Crippen LogP contribution in [0, 0.1) is 0 Å². The van der Waals surface area contributed by atoms with Gasteiger partial charge in [0.05, 0.1) is 19.3 Å². The Kier molecular flexibility index (Phi) is 8.27. The van der Waals surface area contributed by atoms with Gasteiger partial charge in [-0.1, -0.05) is 12.2 Å². The van der Waals surface area contributed by atoms with Crippen LogP contribution in [0.5, 0.6) is 5.75 Å². The summed E-state index contributed by atoms with van der Waals surface area (Å²) in [7, 11) is 2.10. The molecule has 0 amide bonds. The van der Waals surface area contributed by atoms with Crippen LogP contribution < -0.4 is 10.5 Å². The first-order valence-corrected chi connectivity index (χ1v) is 7.72. The van der Waals surface area contributed by atoms with Crippen molar-refractivity contribution in [2.45, 2.75) is 26.4 Å². The highest BCUT2D eigenvalue weighted by molar-refractivity contribution is 7.80. The lowest BCUT2D eigenvalue weighted by molar-refractivity contribution is 0.0630. The van der Waals surface area contributed by atoms with Crippen molar-refractivity contribution in [3.05, 3.63) is 29.8 Å². The molecule has 0 atom stereocenters. The SMILES string of the molecule is CC(C)OCCN(C)CCCOc1ccc(C(N)=S)cc1. The summed E-state index contributed by atoms with van der Waals surface area (Å²) in [6, 6.07) is 7.56. The van der Waals surface area contributed by atoms with Gasteiger partial charge in [-0.3, -0.25) is 0 Å². The van der Waals surface area contributed by atoms with E-state index in [1.54, 1.807) is 0 Å². The van der Waals surface area contributed by atoms with Crippen LogP contribution in [0.25, 0.3) is 0 Å². The average molecular weight is 310 g/mol. The monoisotopic (exact) mass is 310 g/mol. The predicted octanol–water partition coefficient (Wildman–Crippen LogP) is 2.45. The van der Waals surface area contributed by atoms with Crippen LogP contribution in [0.2, 0.25) is 0 Å². The quantitative estimate of drug-likeness (QED) is 0.531. The minimum atomic E-state index is 0.297. The number of ether oxygens (including phenoxy) is 2. The van der Waals surface area contributed by atoms with E-state index >= 15 is 0 Å². The molecule has 5 heteroatoms. The van der Waals surface area contributed by atoms with Crippen molar-refractivity contribution in [1.82, 2.24) is 4.90 Å². The maximum atomic E-state index is 5.69. The minimum Gasteiger partial charge on any atom is -0.494 e. The number of rotatable bonds is 10. The molecule has 1 rings (SSSR count). The summed E-state index contributed by atoms with van der Waals surface area (Å²) < 4.78 is 11.2. The standard InChI is InChI=1S/C16H26N2O2S/c1-13(2)19-12-10-18(3)9-4-11-20-15-7-5-14(6-8-15)16(17)21/h5-8,13H,4,9-12H2,1-3H3,(H2,17,21). The Morgan fingerprint density at radius 3 is 2.43 bits per heavy atom. The summed E-state index contributed by atoms with van der Waals surface area (Å²) in [5.41, 5.74) is 6.42. The van der Waals surface area contributed by atoms with Gasteiger partial charge in [0.2, 0.25) is 0 Å². The summed E-state index contributed by atoms with van der Waals surface area (Å²) in [5.74, 6) is 0.848. The molecule has 0 aliphatic carbocycles. The third kappa shape index (κ3) is 7.99. The van der Waals surface area contributed by atoms with Crippen molar-refractivity contribution >= 4 is 17.2 Å². The number of benzene rings is 1. The van der Waals surface area contributed by atoms with Crippen LogP contribution in [0.15, 0.2) is 24.3 Å². The largest absolute Gasteiger partial charge is 0.494 e.